The van der Waals surface area contributed by atoms with E-state index >= 15 is 0 Å². The van der Waals surface area contributed by atoms with E-state index in [4.69, 9.17) is 5.73 Å². The van der Waals surface area contributed by atoms with Gasteiger partial charge in [-0.05, 0) is 28.8 Å². The maximum Gasteiger partial charge on any atom is 0.148 e. The molecule has 0 bridgehead atoms. The number of nitrogens with two attached hydrogens (primary N) is 1. The van der Waals surface area contributed by atoms with Crippen LogP contribution in [0.5, 0.6) is 0 Å². The second-order valence-electron chi connectivity index (χ2n) is 3.50. The van der Waals surface area contributed by atoms with Crippen LogP contribution in [-0.4, -0.2) is 0 Å². The number of benzene rings is 1. The predicted molar refractivity (Wildman–Crippen MR) is 49.1 cm³/mol. The summed E-state index contributed by atoms with van der Waals surface area (Å²) in [6.45, 7) is 0. The molecule has 5 heteroatoms. The fourth-order valence-electron chi connectivity index (χ4n) is 1.41. The second-order valence-corrected chi connectivity index (χ2v) is 4.29. The Morgan fingerprint density at radius 1 is 1.21 bits per heavy atom. The van der Waals surface area contributed by atoms with Crippen molar-refractivity contribution in [3.63, 3.8) is 0 Å². The van der Waals surface area contributed by atoms with Gasteiger partial charge in [0, 0.05) is 17.2 Å². The topological polar surface area (TPSA) is 26.0 Å². The maximum absolute atomic E-state index is 13.5. The highest BCUT2D eigenvalue weighted by molar-refractivity contribution is 9.10. The molecule has 1 aromatic rings. The largest absolute Gasteiger partial charge is 0.321 e. The summed E-state index contributed by atoms with van der Waals surface area (Å²) >= 11 is 2.71. The molecule has 0 spiro atoms. The van der Waals surface area contributed by atoms with Gasteiger partial charge in [0.25, 0.3) is 0 Å². The van der Waals surface area contributed by atoms with E-state index in [0.29, 0.717) is 18.9 Å². The zero-order valence-electron chi connectivity index (χ0n) is 7.08. The van der Waals surface area contributed by atoms with Gasteiger partial charge in [0.05, 0.1) is 4.47 Å². The van der Waals surface area contributed by atoms with E-state index in [1.54, 1.807) is 0 Å². The predicted octanol–water partition coefficient (Wildman–Crippen LogP) is 2.81. The van der Waals surface area contributed by atoms with E-state index in [0.717, 1.165) is 0 Å². The standard InChI is InChI=1S/C9H7BrF3N/c10-7-5(12)3-4(11)6(8(7)13)9(14)1-2-9/h3H,1-2,14H2. The first-order valence-corrected chi connectivity index (χ1v) is 4.87. The fourth-order valence-corrected chi connectivity index (χ4v) is 1.72. The minimum absolute atomic E-state index is 0.217. The molecule has 0 heterocycles. The van der Waals surface area contributed by atoms with E-state index in [1.165, 1.54) is 0 Å². The van der Waals surface area contributed by atoms with Crippen LogP contribution in [0, 0.1) is 17.5 Å². The summed E-state index contributed by atoms with van der Waals surface area (Å²) in [5, 5.41) is 0. The Labute approximate surface area is 87.2 Å². The van der Waals surface area contributed by atoms with Crippen LogP contribution >= 0.6 is 15.9 Å². The van der Waals surface area contributed by atoms with Gasteiger partial charge >= 0.3 is 0 Å². The van der Waals surface area contributed by atoms with Gasteiger partial charge in [0.15, 0.2) is 0 Å². The molecule has 0 radical (unpaired) electrons. The van der Waals surface area contributed by atoms with Crippen molar-refractivity contribution >= 4 is 15.9 Å². The molecule has 1 fully saturated rings. The third kappa shape index (κ3) is 1.35. The molecular weight excluding hydrogens is 259 g/mol. The normalized spacial score (nSPS) is 18.4. The van der Waals surface area contributed by atoms with Crippen LogP contribution < -0.4 is 5.73 Å². The molecule has 0 aliphatic heterocycles. The number of halogens is 4. The molecule has 1 saturated carbocycles. The van der Waals surface area contributed by atoms with Crippen molar-refractivity contribution in [1.29, 1.82) is 0 Å². The molecule has 0 aromatic heterocycles. The van der Waals surface area contributed by atoms with Crippen molar-refractivity contribution in [3.8, 4) is 0 Å². The van der Waals surface area contributed by atoms with E-state index in [-0.39, 0.29) is 10.0 Å². The molecule has 0 unspecified atom stereocenters. The molecule has 1 aliphatic rings. The average Bonchev–Trinajstić information content (AvgIpc) is 2.80. The quantitative estimate of drug-likeness (QED) is 0.613. The van der Waals surface area contributed by atoms with Gasteiger partial charge in [0.2, 0.25) is 0 Å². The van der Waals surface area contributed by atoms with Crippen LogP contribution in [0.4, 0.5) is 13.2 Å². The lowest BCUT2D eigenvalue weighted by atomic mass is 10.0. The summed E-state index contributed by atoms with van der Waals surface area (Å²) in [5.41, 5.74) is 4.51. The van der Waals surface area contributed by atoms with E-state index in [9.17, 15) is 13.2 Å². The van der Waals surface area contributed by atoms with Gasteiger partial charge in [0.1, 0.15) is 17.5 Å². The lowest BCUT2D eigenvalue weighted by Crippen LogP contribution is -2.22. The van der Waals surface area contributed by atoms with E-state index in [1.807, 2.05) is 0 Å². The molecule has 1 aromatic carbocycles. The van der Waals surface area contributed by atoms with Crippen LogP contribution in [0.25, 0.3) is 0 Å². The Kier molecular flexibility index (Phi) is 2.12. The van der Waals surface area contributed by atoms with E-state index < -0.39 is 23.0 Å². The lowest BCUT2D eigenvalue weighted by molar-refractivity contribution is 0.491. The van der Waals surface area contributed by atoms with Crippen molar-refractivity contribution in [1.82, 2.24) is 0 Å². The Morgan fingerprint density at radius 2 is 1.79 bits per heavy atom. The second kappa shape index (κ2) is 2.97. The average molecular weight is 266 g/mol. The summed E-state index contributed by atoms with van der Waals surface area (Å²) < 4.78 is 39.2. The Hall–Kier alpha value is -0.550. The first kappa shape index (κ1) is 9.98. The summed E-state index contributed by atoms with van der Waals surface area (Å²) in [6.07, 6.45) is 1.05. The van der Waals surface area contributed by atoms with Crippen molar-refractivity contribution in [2.45, 2.75) is 18.4 Å². The molecule has 0 atom stereocenters. The van der Waals surface area contributed by atoms with Gasteiger partial charge < -0.3 is 5.73 Å². The van der Waals surface area contributed by atoms with Crippen LogP contribution in [0.1, 0.15) is 18.4 Å². The smallest absolute Gasteiger partial charge is 0.148 e. The third-order valence-corrected chi connectivity index (χ3v) is 3.13. The van der Waals surface area contributed by atoms with Gasteiger partial charge in [-0.3, -0.25) is 0 Å². The first-order valence-electron chi connectivity index (χ1n) is 4.08. The van der Waals surface area contributed by atoms with Gasteiger partial charge in [-0.2, -0.15) is 0 Å². The molecule has 0 amide bonds. The summed E-state index contributed by atoms with van der Waals surface area (Å²) in [6, 6.07) is 0.648. The van der Waals surface area contributed by atoms with E-state index in [2.05, 4.69) is 15.9 Å². The zero-order chi connectivity index (χ0) is 10.5. The number of hydrogen-bond donors (Lipinski definition) is 1. The highest BCUT2D eigenvalue weighted by Gasteiger charge is 2.45. The Bertz CT molecular complexity index is 402. The van der Waals surface area contributed by atoms with Crippen molar-refractivity contribution in [2.24, 2.45) is 5.73 Å². The van der Waals surface area contributed by atoms with Crippen molar-refractivity contribution < 1.29 is 13.2 Å². The zero-order valence-corrected chi connectivity index (χ0v) is 8.67. The third-order valence-electron chi connectivity index (χ3n) is 2.40. The highest BCUT2D eigenvalue weighted by Crippen LogP contribution is 2.46. The molecule has 1 aliphatic carbocycles. The monoisotopic (exact) mass is 265 g/mol. The first-order chi connectivity index (χ1) is 6.46. The van der Waals surface area contributed by atoms with Crippen LogP contribution in [0.2, 0.25) is 0 Å². The highest BCUT2D eigenvalue weighted by atomic mass is 79.9. The molecule has 76 valence electrons. The minimum Gasteiger partial charge on any atom is -0.321 e. The Morgan fingerprint density at radius 3 is 2.29 bits per heavy atom. The summed E-state index contributed by atoms with van der Waals surface area (Å²) in [4.78, 5) is 0. The lowest BCUT2D eigenvalue weighted by Gasteiger charge is -2.12. The number of rotatable bonds is 1. The van der Waals surface area contributed by atoms with Crippen LogP contribution in [0.3, 0.4) is 0 Å². The number of hydrogen-bond acceptors (Lipinski definition) is 1. The summed E-state index contributed by atoms with van der Waals surface area (Å²) in [7, 11) is 0. The van der Waals surface area contributed by atoms with Crippen LogP contribution in [0.15, 0.2) is 10.5 Å². The molecular formula is C9H7BrF3N. The molecule has 0 saturated heterocycles. The molecule has 14 heavy (non-hydrogen) atoms. The van der Waals surface area contributed by atoms with Gasteiger partial charge in [-0.25, -0.2) is 13.2 Å². The Balaban J connectivity index is 2.65. The molecule has 2 rings (SSSR count). The summed E-state index contributed by atoms with van der Waals surface area (Å²) in [5.74, 6) is -2.79. The van der Waals surface area contributed by atoms with Crippen molar-refractivity contribution in [3.05, 3.63) is 33.6 Å². The maximum atomic E-state index is 13.5. The van der Waals surface area contributed by atoms with Crippen LogP contribution in [-0.2, 0) is 5.54 Å². The van der Waals surface area contributed by atoms with Gasteiger partial charge in [-0.15, -0.1) is 0 Å². The minimum atomic E-state index is -0.951. The molecule has 1 nitrogen and oxygen atoms in total. The SMILES string of the molecule is NC1(c2c(F)cc(F)c(Br)c2F)CC1. The fraction of sp³-hybridized carbons (Fsp3) is 0.333. The molecule has 2 N–H and O–H groups in total. The van der Waals surface area contributed by atoms with Crippen molar-refractivity contribution in [2.75, 3.05) is 0 Å². The van der Waals surface area contributed by atoms with Gasteiger partial charge in [-0.1, -0.05) is 0 Å².